The minimum Gasteiger partial charge on any atom is -0.371 e. The molecule has 0 radical (unpaired) electrons. The van der Waals surface area contributed by atoms with Crippen LogP contribution in [0, 0.1) is 11.3 Å². The second-order valence-electron chi connectivity index (χ2n) is 5.10. The predicted molar refractivity (Wildman–Crippen MR) is 69.2 cm³/mol. The Bertz CT molecular complexity index is 465. The molecule has 3 rings (SSSR count). The van der Waals surface area contributed by atoms with E-state index in [1.165, 1.54) is 55.6 Å². The summed E-state index contributed by atoms with van der Waals surface area (Å²) in [5.74, 6) is 0. The highest BCUT2D eigenvalue weighted by Gasteiger charge is 2.21. The third-order valence-corrected chi connectivity index (χ3v) is 4.08. The van der Waals surface area contributed by atoms with Crippen LogP contribution in [0.4, 0.5) is 5.69 Å². The van der Waals surface area contributed by atoms with Gasteiger partial charge in [-0.3, -0.25) is 0 Å². The summed E-state index contributed by atoms with van der Waals surface area (Å²) in [6.07, 6.45) is 7.41. The summed E-state index contributed by atoms with van der Waals surface area (Å²) in [4.78, 5) is 2.51. The normalized spacial score (nSPS) is 18.9. The maximum absolute atomic E-state index is 9.19. The summed E-state index contributed by atoms with van der Waals surface area (Å²) in [5, 5.41) is 9.19. The van der Waals surface area contributed by atoms with E-state index in [1.807, 2.05) is 6.07 Å². The minimum atomic E-state index is 0.905. The molecule has 0 amide bonds. The van der Waals surface area contributed by atoms with Crippen LogP contribution in [0.15, 0.2) is 12.1 Å². The van der Waals surface area contributed by atoms with Gasteiger partial charge in [0.1, 0.15) is 0 Å². The molecule has 2 nitrogen and oxygen atoms in total. The molecule has 1 aromatic rings. The van der Waals surface area contributed by atoms with Gasteiger partial charge in [0.2, 0.25) is 0 Å². The van der Waals surface area contributed by atoms with Crippen LogP contribution in [0.3, 0.4) is 0 Å². The van der Waals surface area contributed by atoms with Gasteiger partial charge < -0.3 is 4.90 Å². The van der Waals surface area contributed by atoms with Crippen LogP contribution in [0.25, 0.3) is 0 Å². The van der Waals surface area contributed by atoms with Gasteiger partial charge >= 0.3 is 0 Å². The maximum Gasteiger partial charge on any atom is 0.0994 e. The van der Waals surface area contributed by atoms with E-state index in [4.69, 9.17) is 0 Å². The molecule has 1 aliphatic carbocycles. The lowest BCUT2D eigenvalue weighted by atomic mass is 9.87. The Balaban J connectivity index is 2.07. The zero-order chi connectivity index (χ0) is 11.7. The lowest BCUT2D eigenvalue weighted by Crippen LogP contribution is -2.21. The molecular weight excluding hydrogens is 208 g/mol. The van der Waals surface area contributed by atoms with Gasteiger partial charge in [0.05, 0.1) is 11.6 Å². The average molecular weight is 226 g/mol. The lowest BCUT2D eigenvalue weighted by molar-refractivity contribution is 0.681. The highest BCUT2D eigenvalue weighted by Crippen LogP contribution is 2.34. The molecule has 1 aromatic carbocycles. The van der Waals surface area contributed by atoms with Crippen molar-refractivity contribution in [3.05, 3.63) is 28.8 Å². The van der Waals surface area contributed by atoms with Crippen molar-refractivity contribution in [1.82, 2.24) is 0 Å². The third kappa shape index (κ3) is 1.80. The number of nitrogens with zero attached hydrogens (tertiary/aromatic N) is 2. The van der Waals surface area contributed by atoms with Crippen LogP contribution in [0.5, 0.6) is 0 Å². The molecule has 0 bridgehead atoms. The van der Waals surface area contributed by atoms with E-state index in [2.05, 4.69) is 17.0 Å². The van der Waals surface area contributed by atoms with Crippen LogP contribution in [0.1, 0.15) is 42.4 Å². The first kappa shape index (κ1) is 10.7. The number of rotatable bonds is 1. The van der Waals surface area contributed by atoms with Gasteiger partial charge in [-0.1, -0.05) is 0 Å². The summed E-state index contributed by atoms with van der Waals surface area (Å²) in [7, 11) is 0. The number of hydrogen-bond donors (Lipinski definition) is 0. The number of hydrogen-bond acceptors (Lipinski definition) is 2. The first-order valence-electron chi connectivity index (χ1n) is 6.70. The van der Waals surface area contributed by atoms with E-state index in [1.54, 1.807) is 0 Å². The molecule has 0 spiro atoms. The number of nitriles is 1. The SMILES string of the molecule is N#Cc1ccc(N2CCCC2)c2c1CCCC2. The van der Waals surface area contributed by atoms with Crippen molar-refractivity contribution in [3.63, 3.8) is 0 Å². The smallest absolute Gasteiger partial charge is 0.0994 e. The van der Waals surface area contributed by atoms with Gasteiger partial charge in [0.25, 0.3) is 0 Å². The van der Waals surface area contributed by atoms with Crippen LogP contribution in [0.2, 0.25) is 0 Å². The summed E-state index contributed by atoms with van der Waals surface area (Å²) in [5.41, 5.74) is 5.12. The molecule has 0 aromatic heterocycles. The highest BCUT2D eigenvalue weighted by atomic mass is 15.1. The monoisotopic (exact) mass is 226 g/mol. The van der Waals surface area contributed by atoms with Crippen LogP contribution < -0.4 is 4.90 Å². The maximum atomic E-state index is 9.19. The number of anilines is 1. The Morgan fingerprint density at radius 1 is 0.941 bits per heavy atom. The molecule has 0 N–H and O–H groups in total. The molecule has 88 valence electrons. The minimum absolute atomic E-state index is 0.905. The second-order valence-corrected chi connectivity index (χ2v) is 5.10. The largest absolute Gasteiger partial charge is 0.371 e. The second kappa shape index (κ2) is 4.41. The average Bonchev–Trinajstić information content (AvgIpc) is 2.91. The molecule has 2 heteroatoms. The predicted octanol–water partition coefficient (Wildman–Crippen LogP) is 3.04. The fraction of sp³-hybridized carbons (Fsp3) is 0.533. The van der Waals surface area contributed by atoms with E-state index in [-0.39, 0.29) is 0 Å². The summed E-state index contributed by atoms with van der Waals surface area (Å²) in [6.45, 7) is 2.39. The van der Waals surface area contributed by atoms with Crippen molar-refractivity contribution in [3.8, 4) is 6.07 Å². The number of fused-ring (bicyclic) bond motifs is 1. The molecule has 1 fully saturated rings. The third-order valence-electron chi connectivity index (χ3n) is 4.08. The van der Waals surface area contributed by atoms with Crippen molar-refractivity contribution < 1.29 is 0 Å². The molecule has 0 saturated carbocycles. The van der Waals surface area contributed by atoms with Gasteiger partial charge in [-0.15, -0.1) is 0 Å². The molecule has 1 saturated heterocycles. The van der Waals surface area contributed by atoms with Crippen molar-refractivity contribution in [2.24, 2.45) is 0 Å². The molecule has 0 atom stereocenters. The first-order chi connectivity index (χ1) is 8.40. The van der Waals surface area contributed by atoms with Crippen molar-refractivity contribution in [2.75, 3.05) is 18.0 Å². The molecule has 1 heterocycles. The van der Waals surface area contributed by atoms with E-state index in [0.717, 1.165) is 18.4 Å². The van der Waals surface area contributed by atoms with Gasteiger partial charge in [-0.25, -0.2) is 0 Å². The van der Waals surface area contributed by atoms with Crippen molar-refractivity contribution in [1.29, 1.82) is 5.26 Å². The van der Waals surface area contributed by atoms with Crippen molar-refractivity contribution >= 4 is 5.69 Å². The Morgan fingerprint density at radius 3 is 2.35 bits per heavy atom. The summed E-state index contributed by atoms with van der Waals surface area (Å²) >= 11 is 0. The van der Waals surface area contributed by atoms with Crippen LogP contribution in [-0.4, -0.2) is 13.1 Å². The van der Waals surface area contributed by atoms with E-state index >= 15 is 0 Å². The van der Waals surface area contributed by atoms with Crippen LogP contribution >= 0.6 is 0 Å². The van der Waals surface area contributed by atoms with Crippen molar-refractivity contribution in [2.45, 2.75) is 38.5 Å². The fourth-order valence-electron chi connectivity index (χ4n) is 3.21. The Morgan fingerprint density at radius 2 is 1.65 bits per heavy atom. The topological polar surface area (TPSA) is 27.0 Å². The highest BCUT2D eigenvalue weighted by molar-refractivity contribution is 5.62. The first-order valence-corrected chi connectivity index (χ1v) is 6.70. The van der Waals surface area contributed by atoms with Gasteiger partial charge in [0, 0.05) is 18.8 Å². The fourth-order valence-corrected chi connectivity index (χ4v) is 3.21. The molecule has 2 aliphatic rings. The zero-order valence-electron chi connectivity index (χ0n) is 10.2. The Kier molecular flexibility index (Phi) is 2.76. The van der Waals surface area contributed by atoms with Gasteiger partial charge in [-0.05, 0) is 61.8 Å². The molecule has 0 unspecified atom stereocenters. The van der Waals surface area contributed by atoms with E-state index < -0.39 is 0 Å². The Labute approximate surface area is 103 Å². The van der Waals surface area contributed by atoms with E-state index in [0.29, 0.717) is 0 Å². The van der Waals surface area contributed by atoms with Crippen LogP contribution in [-0.2, 0) is 12.8 Å². The van der Waals surface area contributed by atoms with Gasteiger partial charge in [-0.2, -0.15) is 5.26 Å². The molecule has 1 aliphatic heterocycles. The molecule has 17 heavy (non-hydrogen) atoms. The zero-order valence-corrected chi connectivity index (χ0v) is 10.2. The molecular formula is C15H18N2. The van der Waals surface area contributed by atoms with Gasteiger partial charge in [0.15, 0.2) is 0 Å². The Hall–Kier alpha value is -1.49. The summed E-state index contributed by atoms with van der Waals surface area (Å²) in [6, 6.07) is 6.55. The standard InChI is InChI=1S/C15H18N2/c16-11-12-7-8-15(17-9-3-4-10-17)14-6-2-1-5-13(12)14/h7-8H,1-6,9-10H2. The summed E-state index contributed by atoms with van der Waals surface area (Å²) < 4.78 is 0. The quantitative estimate of drug-likeness (QED) is 0.736. The number of benzene rings is 1. The van der Waals surface area contributed by atoms with E-state index in [9.17, 15) is 5.26 Å². The lowest BCUT2D eigenvalue weighted by Gasteiger charge is -2.26.